The maximum absolute atomic E-state index is 12.1. The lowest BCUT2D eigenvalue weighted by Crippen LogP contribution is -2.31. The number of hydrogen-bond acceptors (Lipinski definition) is 1. The SMILES string of the molecule is C=CC(=O)N[C@H]1CC[C@@H](c2ccc3ccccc3c2)c2ccc3ccccc3c21. The van der Waals surface area contributed by atoms with Crippen LogP contribution in [-0.4, -0.2) is 5.91 Å². The van der Waals surface area contributed by atoms with Gasteiger partial charge in [-0.15, -0.1) is 0 Å². The van der Waals surface area contributed by atoms with Gasteiger partial charge in [-0.25, -0.2) is 0 Å². The number of nitrogens with one attached hydrogen (secondary N) is 1. The molecule has 1 N–H and O–H groups in total. The Kier molecular flexibility index (Phi) is 4.40. The molecule has 0 heterocycles. The summed E-state index contributed by atoms with van der Waals surface area (Å²) < 4.78 is 0. The van der Waals surface area contributed by atoms with Gasteiger partial charge >= 0.3 is 0 Å². The van der Waals surface area contributed by atoms with E-state index in [1.807, 2.05) is 0 Å². The van der Waals surface area contributed by atoms with E-state index >= 15 is 0 Å². The normalized spacial score (nSPS) is 18.3. The Labute approximate surface area is 170 Å². The first-order valence-corrected chi connectivity index (χ1v) is 10.2. The summed E-state index contributed by atoms with van der Waals surface area (Å²) in [5, 5.41) is 8.14. The van der Waals surface area contributed by atoms with Crippen molar-refractivity contribution >= 4 is 27.5 Å². The van der Waals surface area contributed by atoms with Crippen molar-refractivity contribution in [2.24, 2.45) is 0 Å². The zero-order valence-corrected chi connectivity index (χ0v) is 16.3. The van der Waals surface area contributed by atoms with Crippen LogP contribution in [0.15, 0.2) is 91.5 Å². The van der Waals surface area contributed by atoms with E-state index in [9.17, 15) is 4.79 Å². The van der Waals surface area contributed by atoms with E-state index in [2.05, 4.69) is 90.8 Å². The summed E-state index contributed by atoms with van der Waals surface area (Å²) in [7, 11) is 0. The molecule has 142 valence electrons. The lowest BCUT2D eigenvalue weighted by Gasteiger charge is -2.33. The highest BCUT2D eigenvalue weighted by molar-refractivity contribution is 5.91. The first-order valence-electron chi connectivity index (χ1n) is 10.2. The van der Waals surface area contributed by atoms with E-state index in [1.165, 1.54) is 44.3 Å². The van der Waals surface area contributed by atoms with E-state index in [-0.39, 0.29) is 11.9 Å². The summed E-state index contributed by atoms with van der Waals surface area (Å²) in [4.78, 5) is 12.1. The molecule has 4 aromatic carbocycles. The molecule has 0 saturated carbocycles. The molecule has 2 heteroatoms. The molecule has 0 aromatic heterocycles. The molecule has 0 radical (unpaired) electrons. The second kappa shape index (κ2) is 7.21. The predicted molar refractivity (Wildman–Crippen MR) is 120 cm³/mol. The minimum absolute atomic E-state index is 0.0123. The van der Waals surface area contributed by atoms with Gasteiger partial charge < -0.3 is 5.32 Å². The molecule has 29 heavy (non-hydrogen) atoms. The summed E-state index contributed by atoms with van der Waals surface area (Å²) in [6.45, 7) is 3.62. The molecule has 4 aromatic rings. The number of amides is 1. The maximum Gasteiger partial charge on any atom is 0.243 e. The van der Waals surface area contributed by atoms with Crippen molar-refractivity contribution in [3.8, 4) is 0 Å². The number of carbonyl (C=O) groups is 1. The summed E-state index contributed by atoms with van der Waals surface area (Å²) >= 11 is 0. The van der Waals surface area contributed by atoms with Crippen LogP contribution in [0.2, 0.25) is 0 Å². The van der Waals surface area contributed by atoms with Gasteiger partial charge in [0.1, 0.15) is 0 Å². The van der Waals surface area contributed by atoms with E-state index < -0.39 is 0 Å². The van der Waals surface area contributed by atoms with Crippen molar-refractivity contribution in [2.45, 2.75) is 24.8 Å². The van der Waals surface area contributed by atoms with Gasteiger partial charge in [0.2, 0.25) is 5.91 Å². The molecule has 1 amide bonds. The Bertz CT molecular complexity index is 1240. The maximum atomic E-state index is 12.1. The van der Waals surface area contributed by atoms with Gasteiger partial charge in [-0.1, -0.05) is 85.4 Å². The average Bonchev–Trinajstić information content (AvgIpc) is 2.78. The van der Waals surface area contributed by atoms with Crippen LogP contribution in [0.1, 0.15) is 41.5 Å². The van der Waals surface area contributed by atoms with Crippen molar-refractivity contribution in [2.75, 3.05) is 0 Å². The Morgan fingerprint density at radius 1 is 0.862 bits per heavy atom. The molecular formula is C27H23NO. The van der Waals surface area contributed by atoms with Crippen LogP contribution in [0.25, 0.3) is 21.5 Å². The smallest absolute Gasteiger partial charge is 0.243 e. The lowest BCUT2D eigenvalue weighted by atomic mass is 9.74. The van der Waals surface area contributed by atoms with Gasteiger partial charge in [0.25, 0.3) is 0 Å². The van der Waals surface area contributed by atoms with Crippen molar-refractivity contribution in [3.05, 3.63) is 108 Å². The van der Waals surface area contributed by atoms with Gasteiger partial charge in [-0.3, -0.25) is 4.79 Å². The fraction of sp³-hybridized carbons (Fsp3) is 0.148. The fourth-order valence-electron chi connectivity index (χ4n) is 4.78. The number of rotatable bonds is 3. The van der Waals surface area contributed by atoms with Crippen molar-refractivity contribution in [3.63, 3.8) is 0 Å². The highest BCUT2D eigenvalue weighted by atomic mass is 16.1. The lowest BCUT2D eigenvalue weighted by molar-refractivity contribution is -0.117. The molecule has 1 aliphatic carbocycles. The molecule has 0 fully saturated rings. The van der Waals surface area contributed by atoms with Gasteiger partial charge in [0.15, 0.2) is 0 Å². The summed E-state index contributed by atoms with van der Waals surface area (Å²) in [6.07, 6.45) is 3.28. The van der Waals surface area contributed by atoms with Crippen LogP contribution >= 0.6 is 0 Å². The van der Waals surface area contributed by atoms with Crippen LogP contribution < -0.4 is 5.32 Å². The molecule has 0 unspecified atom stereocenters. The minimum atomic E-state index is -0.113. The largest absolute Gasteiger partial charge is 0.346 e. The number of carbonyl (C=O) groups excluding carboxylic acids is 1. The minimum Gasteiger partial charge on any atom is -0.346 e. The summed E-state index contributed by atoms with van der Waals surface area (Å²) in [6, 6.07) is 28.2. The predicted octanol–water partition coefficient (Wildman–Crippen LogP) is 6.26. The third kappa shape index (κ3) is 3.11. The van der Waals surface area contributed by atoms with E-state index in [0.717, 1.165) is 12.8 Å². The quantitative estimate of drug-likeness (QED) is 0.419. The Morgan fingerprint density at radius 3 is 2.41 bits per heavy atom. The van der Waals surface area contributed by atoms with E-state index in [1.54, 1.807) is 0 Å². The van der Waals surface area contributed by atoms with E-state index in [4.69, 9.17) is 0 Å². The molecule has 0 aliphatic heterocycles. The first kappa shape index (κ1) is 17.7. The van der Waals surface area contributed by atoms with Gasteiger partial charge in [-0.2, -0.15) is 0 Å². The van der Waals surface area contributed by atoms with Crippen LogP contribution in [0.3, 0.4) is 0 Å². The van der Waals surface area contributed by atoms with Crippen molar-refractivity contribution < 1.29 is 4.79 Å². The summed E-state index contributed by atoms with van der Waals surface area (Å²) in [5.41, 5.74) is 3.91. The number of hydrogen-bond donors (Lipinski definition) is 1. The first-order chi connectivity index (χ1) is 14.2. The molecule has 0 bridgehead atoms. The van der Waals surface area contributed by atoms with Gasteiger partial charge in [0, 0.05) is 5.92 Å². The third-order valence-electron chi connectivity index (χ3n) is 6.15. The molecule has 2 atom stereocenters. The molecule has 0 saturated heterocycles. The highest BCUT2D eigenvalue weighted by Gasteiger charge is 2.30. The molecule has 2 nitrogen and oxygen atoms in total. The van der Waals surface area contributed by atoms with Crippen LogP contribution in [0.5, 0.6) is 0 Å². The topological polar surface area (TPSA) is 29.1 Å². The highest BCUT2D eigenvalue weighted by Crippen LogP contribution is 2.44. The fourth-order valence-corrected chi connectivity index (χ4v) is 4.78. The Hall–Kier alpha value is -3.39. The second-order valence-corrected chi connectivity index (χ2v) is 7.79. The molecule has 1 aliphatic rings. The Morgan fingerprint density at radius 2 is 1.59 bits per heavy atom. The van der Waals surface area contributed by atoms with Gasteiger partial charge in [0.05, 0.1) is 6.04 Å². The van der Waals surface area contributed by atoms with Crippen molar-refractivity contribution in [1.29, 1.82) is 0 Å². The van der Waals surface area contributed by atoms with Crippen molar-refractivity contribution in [1.82, 2.24) is 5.32 Å². The molecule has 5 rings (SSSR count). The zero-order valence-electron chi connectivity index (χ0n) is 16.3. The monoisotopic (exact) mass is 377 g/mol. The third-order valence-corrected chi connectivity index (χ3v) is 6.15. The summed E-state index contributed by atoms with van der Waals surface area (Å²) in [5.74, 6) is 0.217. The zero-order chi connectivity index (χ0) is 19.8. The van der Waals surface area contributed by atoms with Crippen LogP contribution in [0, 0.1) is 0 Å². The second-order valence-electron chi connectivity index (χ2n) is 7.79. The standard InChI is InChI=1S/C27H23NO/c1-2-26(29)28-25-16-15-22(21-12-11-18-7-3-4-9-20(18)17-21)24-14-13-19-8-5-6-10-23(19)27(24)25/h2-14,17,22,25H,1,15-16H2,(H,28,29)/t22-,25-/m0/s1. The molecular weight excluding hydrogens is 354 g/mol. The van der Waals surface area contributed by atoms with Crippen LogP contribution in [-0.2, 0) is 4.79 Å². The van der Waals surface area contributed by atoms with Gasteiger partial charge in [-0.05, 0) is 57.2 Å². The van der Waals surface area contributed by atoms with E-state index in [0.29, 0.717) is 5.92 Å². The average molecular weight is 377 g/mol. The number of fused-ring (bicyclic) bond motifs is 4. The number of benzene rings is 4. The molecule has 0 spiro atoms. The Balaban J connectivity index is 1.67. The van der Waals surface area contributed by atoms with Crippen LogP contribution in [0.4, 0.5) is 0 Å².